The number of nitrogens with zero attached hydrogens (tertiary/aromatic N) is 3. The molecule has 0 atom stereocenters. The lowest BCUT2D eigenvalue weighted by Crippen LogP contribution is -2.30. The molecular weight excluding hydrogens is 274 g/mol. The van der Waals surface area contributed by atoms with Crippen molar-refractivity contribution in [3.63, 3.8) is 0 Å². The molecule has 1 heterocycles. The third-order valence-corrected chi connectivity index (χ3v) is 3.90. The Hall–Kier alpha value is -1.89. The Kier molecular flexibility index (Phi) is 4.62. The van der Waals surface area contributed by atoms with E-state index in [2.05, 4.69) is 5.10 Å². The lowest BCUT2D eigenvalue weighted by atomic mass is 10.0. The van der Waals surface area contributed by atoms with E-state index in [1.807, 2.05) is 11.9 Å². The quantitative estimate of drug-likeness (QED) is 0.755. The van der Waals surface area contributed by atoms with Crippen molar-refractivity contribution in [3.05, 3.63) is 22.6 Å². The summed E-state index contributed by atoms with van der Waals surface area (Å²) >= 11 is 0. The Morgan fingerprint density at radius 1 is 1.57 bits per heavy atom. The third-order valence-electron chi connectivity index (χ3n) is 3.90. The van der Waals surface area contributed by atoms with Gasteiger partial charge in [0.25, 0.3) is 5.56 Å². The molecule has 0 aliphatic heterocycles. The highest BCUT2D eigenvalue weighted by atomic mass is 16.5. The Balaban J connectivity index is 2.06. The zero-order chi connectivity index (χ0) is 15.5. The number of methoxy groups -OCH3 is 1. The van der Waals surface area contributed by atoms with Gasteiger partial charge in [-0.2, -0.15) is 5.10 Å². The van der Waals surface area contributed by atoms with Crippen molar-refractivity contribution >= 4 is 11.7 Å². The highest BCUT2D eigenvalue weighted by Crippen LogP contribution is 2.49. The van der Waals surface area contributed by atoms with Crippen LogP contribution in [0.4, 0.5) is 5.69 Å². The fourth-order valence-electron chi connectivity index (χ4n) is 2.31. The molecule has 0 amide bonds. The summed E-state index contributed by atoms with van der Waals surface area (Å²) in [5, 5.41) is 13.1. The van der Waals surface area contributed by atoms with Gasteiger partial charge < -0.3 is 14.7 Å². The zero-order valence-electron chi connectivity index (χ0n) is 12.4. The summed E-state index contributed by atoms with van der Waals surface area (Å²) in [5.74, 6) is -0.823. The van der Waals surface area contributed by atoms with E-state index in [-0.39, 0.29) is 17.4 Å². The van der Waals surface area contributed by atoms with Gasteiger partial charge in [-0.15, -0.1) is 0 Å². The number of carboxylic acids is 1. The number of aliphatic carboxylic acids is 1. The Labute approximate surface area is 123 Å². The summed E-state index contributed by atoms with van der Waals surface area (Å²) in [6.45, 7) is 1.62. The van der Waals surface area contributed by atoms with Gasteiger partial charge in [0, 0.05) is 32.2 Å². The third kappa shape index (κ3) is 4.04. The molecule has 0 aromatic carbocycles. The number of carboxylic acid groups (broad SMARTS) is 1. The van der Waals surface area contributed by atoms with E-state index in [0.717, 1.165) is 18.5 Å². The molecule has 1 N–H and O–H groups in total. The van der Waals surface area contributed by atoms with Gasteiger partial charge in [-0.3, -0.25) is 9.59 Å². The number of hydrogen-bond donors (Lipinski definition) is 1. The van der Waals surface area contributed by atoms with Crippen molar-refractivity contribution in [2.24, 2.45) is 5.41 Å². The van der Waals surface area contributed by atoms with Gasteiger partial charge in [0.15, 0.2) is 0 Å². The summed E-state index contributed by atoms with van der Waals surface area (Å²) in [6.07, 6.45) is 3.40. The maximum Gasteiger partial charge on any atom is 0.303 e. The Morgan fingerprint density at radius 2 is 2.29 bits per heavy atom. The van der Waals surface area contributed by atoms with Crippen molar-refractivity contribution < 1.29 is 14.6 Å². The monoisotopic (exact) mass is 295 g/mol. The van der Waals surface area contributed by atoms with Gasteiger partial charge in [-0.25, -0.2) is 4.68 Å². The molecule has 1 aliphatic carbocycles. The average Bonchev–Trinajstić information content (AvgIpc) is 3.17. The summed E-state index contributed by atoms with van der Waals surface area (Å²) in [5.41, 5.74) is 0.247. The van der Waals surface area contributed by atoms with Crippen LogP contribution < -0.4 is 10.5 Å². The molecule has 2 rings (SSSR count). The summed E-state index contributed by atoms with van der Waals surface area (Å²) in [4.78, 5) is 24.8. The van der Waals surface area contributed by atoms with Crippen molar-refractivity contribution in [3.8, 4) is 0 Å². The van der Waals surface area contributed by atoms with Crippen LogP contribution in [0.1, 0.15) is 19.3 Å². The maximum atomic E-state index is 12.1. The molecule has 1 saturated carbocycles. The van der Waals surface area contributed by atoms with Gasteiger partial charge in [-0.05, 0) is 12.8 Å². The van der Waals surface area contributed by atoms with Crippen LogP contribution in [-0.2, 0) is 16.1 Å². The Morgan fingerprint density at radius 3 is 2.81 bits per heavy atom. The molecule has 0 unspecified atom stereocenters. The van der Waals surface area contributed by atoms with Crippen LogP contribution in [0.2, 0.25) is 0 Å². The molecule has 0 bridgehead atoms. The average molecular weight is 295 g/mol. The molecule has 7 nitrogen and oxygen atoms in total. The van der Waals surface area contributed by atoms with Crippen LogP contribution in [0, 0.1) is 5.41 Å². The van der Waals surface area contributed by atoms with Crippen LogP contribution in [0.25, 0.3) is 0 Å². The molecule has 1 aromatic heterocycles. The predicted molar refractivity (Wildman–Crippen MR) is 77.6 cm³/mol. The first-order valence-corrected chi connectivity index (χ1v) is 6.95. The maximum absolute atomic E-state index is 12.1. The van der Waals surface area contributed by atoms with Gasteiger partial charge in [0.05, 0.1) is 31.5 Å². The van der Waals surface area contributed by atoms with Gasteiger partial charge >= 0.3 is 5.97 Å². The lowest BCUT2D eigenvalue weighted by Gasteiger charge is -2.19. The molecule has 0 saturated heterocycles. The van der Waals surface area contributed by atoms with Crippen molar-refractivity contribution in [1.29, 1.82) is 0 Å². The molecular formula is C14H21N3O4. The number of ether oxygens (including phenoxy) is 1. The van der Waals surface area contributed by atoms with E-state index in [1.165, 1.54) is 10.7 Å². The number of aromatic nitrogens is 2. The first-order valence-electron chi connectivity index (χ1n) is 6.95. The number of rotatable bonds is 8. The normalized spacial score (nSPS) is 15.7. The van der Waals surface area contributed by atoms with E-state index in [4.69, 9.17) is 9.84 Å². The smallest absolute Gasteiger partial charge is 0.303 e. The van der Waals surface area contributed by atoms with Crippen molar-refractivity contribution in [2.75, 3.05) is 32.2 Å². The van der Waals surface area contributed by atoms with Crippen molar-refractivity contribution in [2.45, 2.75) is 25.8 Å². The minimum Gasteiger partial charge on any atom is -0.481 e. The topological polar surface area (TPSA) is 84.7 Å². The van der Waals surface area contributed by atoms with E-state index >= 15 is 0 Å². The highest BCUT2D eigenvalue weighted by molar-refractivity contribution is 5.68. The van der Waals surface area contributed by atoms with Crippen LogP contribution in [0.15, 0.2) is 17.1 Å². The minimum atomic E-state index is -0.823. The largest absolute Gasteiger partial charge is 0.481 e. The second kappa shape index (κ2) is 6.26. The first-order chi connectivity index (χ1) is 9.96. The van der Waals surface area contributed by atoms with Crippen LogP contribution in [0.3, 0.4) is 0 Å². The SMILES string of the molecule is COCCN(C)c1cnn(CC2(CC(=O)O)CC2)c(=O)c1. The van der Waals surface area contributed by atoms with E-state index in [9.17, 15) is 9.59 Å². The molecule has 7 heteroatoms. The molecule has 1 fully saturated rings. The molecule has 21 heavy (non-hydrogen) atoms. The molecule has 0 radical (unpaired) electrons. The first kappa shape index (κ1) is 15.5. The fourth-order valence-corrected chi connectivity index (χ4v) is 2.31. The van der Waals surface area contributed by atoms with Crippen LogP contribution >= 0.6 is 0 Å². The summed E-state index contributed by atoms with van der Waals surface area (Å²) < 4.78 is 6.36. The van der Waals surface area contributed by atoms with Crippen LogP contribution in [-0.4, -0.2) is 48.2 Å². The second-order valence-electron chi connectivity index (χ2n) is 5.69. The van der Waals surface area contributed by atoms with Gasteiger partial charge in [-0.1, -0.05) is 0 Å². The Bertz CT molecular complexity index is 566. The minimum absolute atomic E-state index is 0.0939. The number of carbonyl (C=O) groups is 1. The lowest BCUT2D eigenvalue weighted by molar-refractivity contribution is -0.138. The number of hydrogen-bond acceptors (Lipinski definition) is 5. The van der Waals surface area contributed by atoms with E-state index in [0.29, 0.717) is 19.7 Å². The molecule has 1 aromatic rings. The van der Waals surface area contributed by atoms with E-state index in [1.54, 1.807) is 13.3 Å². The standard InChI is InChI=1S/C14H21N3O4/c1-16(5-6-21-2)11-7-12(18)17(15-9-11)10-14(3-4-14)8-13(19)20/h7,9H,3-6,8,10H2,1-2H3,(H,19,20). The zero-order valence-corrected chi connectivity index (χ0v) is 12.4. The highest BCUT2D eigenvalue weighted by Gasteiger charge is 2.45. The van der Waals surface area contributed by atoms with E-state index < -0.39 is 5.97 Å². The molecule has 1 aliphatic rings. The number of likely N-dealkylation sites (N-methyl/N-ethyl adjacent to an activating group) is 1. The fraction of sp³-hybridized carbons (Fsp3) is 0.643. The summed E-state index contributed by atoms with van der Waals surface area (Å²) in [6, 6.07) is 1.53. The predicted octanol–water partition coefficient (Wildman–Crippen LogP) is 0.581. The van der Waals surface area contributed by atoms with Gasteiger partial charge in [0.2, 0.25) is 0 Å². The molecule has 0 spiro atoms. The number of anilines is 1. The second-order valence-corrected chi connectivity index (χ2v) is 5.69. The van der Waals surface area contributed by atoms with Crippen molar-refractivity contribution in [1.82, 2.24) is 9.78 Å². The van der Waals surface area contributed by atoms with Crippen LogP contribution in [0.5, 0.6) is 0 Å². The summed E-state index contributed by atoms with van der Waals surface area (Å²) in [7, 11) is 3.49. The van der Waals surface area contributed by atoms with Gasteiger partial charge in [0.1, 0.15) is 0 Å². The molecule has 116 valence electrons.